The van der Waals surface area contributed by atoms with Crippen LogP contribution in [0.2, 0.25) is 0 Å². The molecule has 2 heteroatoms. The molecule has 0 aromatic rings. The molecular weight excluding hydrogens is 210 g/mol. The van der Waals surface area contributed by atoms with Crippen molar-refractivity contribution in [1.29, 1.82) is 0 Å². The van der Waals surface area contributed by atoms with Crippen LogP contribution >= 0.6 is 0 Å². The largest absolute Gasteiger partial charge is 0.298 e. The third-order valence-electron chi connectivity index (χ3n) is 4.59. The summed E-state index contributed by atoms with van der Waals surface area (Å²) in [6.45, 7) is 7.00. The normalized spacial score (nSPS) is 31.9. The zero-order chi connectivity index (χ0) is 12.3. The molecule has 1 aliphatic heterocycles. The molecule has 1 unspecified atom stereocenters. The summed E-state index contributed by atoms with van der Waals surface area (Å²) >= 11 is 0. The van der Waals surface area contributed by atoms with Crippen LogP contribution in [-0.2, 0) is 4.79 Å². The molecule has 98 valence electrons. The lowest BCUT2D eigenvalue weighted by Gasteiger charge is -2.29. The first-order valence-corrected chi connectivity index (χ1v) is 7.35. The molecular formula is C15H27NO. The maximum Gasteiger partial charge on any atom is 0.149 e. The van der Waals surface area contributed by atoms with Crippen molar-refractivity contribution in [3.63, 3.8) is 0 Å². The molecule has 0 aromatic heterocycles. The van der Waals surface area contributed by atoms with E-state index in [4.69, 9.17) is 0 Å². The van der Waals surface area contributed by atoms with Crippen molar-refractivity contribution in [3.05, 3.63) is 0 Å². The number of hydrogen-bond acceptors (Lipinski definition) is 2. The first-order chi connectivity index (χ1) is 8.08. The lowest BCUT2D eigenvalue weighted by Crippen LogP contribution is -2.41. The minimum atomic E-state index is 0.256. The summed E-state index contributed by atoms with van der Waals surface area (Å²) in [7, 11) is 0. The number of carbonyl (C=O) groups is 1. The van der Waals surface area contributed by atoms with E-state index in [1.807, 2.05) is 0 Å². The van der Waals surface area contributed by atoms with E-state index in [2.05, 4.69) is 18.7 Å². The monoisotopic (exact) mass is 237 g/mol. The number of likely N-dealkylation sites (tertiary alicyclic amines) is 1. The van der Waals surface area contributed by atoms with E-state index in [1.165, 1.54) is 32.1 Å². The third kappa shape index (κ3) is 3.54. The number of hydrogen-bond donors (Lipinski definition) is 0. The van der Waals surface area contributed by atoms with E-state index in [1.54, 1.807) is 0 Å². The van der Waals surface area contributed by atoms with Gasteiger partial charge in [-0.3, -0.25) is 9.69 Å². The predicted octanol–water partition coefficient (Wildman–Crippen LogP) is 3.40. The van der Waals surface area contributed by atoms with Gasteiger partial charge in [0.15, 0.2) is 0 Å². The summed E-state index contributed by atoms with van der Waals surface area (Å²) in [4.78, 5) is 14.6. The second kappa shape index (κ2) is 5.51. The van der Waals surface area contributed by atoms with Gasteiger partial charge in [-0.2, -0.15) is 0 Å². The Kier molecular flexibility index (Phi) is 4.24. The van der Waals surface area contributed by atoms with Crippen molar-refractivity contribution >= 4 is 5.78 Å². The highest BCUT2D eigenvalue weighted by molar-refractivity contribution is 5.84. The molecule has 2 fully saturated rings. The second-order valence-electron chi connectivity index (χ2n) is 6.64. The number of ketones is 1. The lowest BCUT2D eigenvalue weighted by atomic mass is 9.85. The highest BCUT2D eigenvalue weighted by Crippen LogP contribution is 2.31. The number of nitrogens with zero attached hydrogens (tertiary/aromatic N) is 1. The zero-order valence-electron chi connectivity index (χ0n) is 11.5. The van der Waals surface area contributed by atoms with Crippen LogP contribution in [0.1, 0.15) is 65.2 Å². The Hall–Kier alpha value is -0.370. The highest BCUT2D eigenvalue weighted by Gasteiger charge is 2.30. The summed E-state index contributed by atoms with van der Waals surface area (Å²) < 4.78 is 0. The highest BCUT2D eigenvalue weighted by atomic mass is 16.1. The Morgan fingerprint density at radius 1 is 1.06 bits per heavy atom. The van der Waals surface area contributed by atoms with Crippen LogP contribution in [0.3, 0.4) is 0 Å². The van der Waals surface area contributed by atoms with Crippen molar-refractivity contribution in [2.24, 2.45) is 5.41 Å². The van der Waals surface area contributed by atoms with Crippen LogP contribution in [-0.4, -0.2) is 29.8 Å². The van der Waals surface area contributed by atoms with Crippen molar-refractivity contribution in [2.75, 3.05) is 13.1 Å². The number of rotatable bonds is 1. The van der Waals surface area contributed by atoms with Gasteiger partial charge in [0.25, 0.3) is 0 Å². The van der Waals surface area contributed by atoms with Gasteiger partial charge in [0.1, 0.15) is 5.78 Å². The van der Waals surface area contributed by atoms with Crippen LogP contribution < -0.4 is 0 Å². The molecule has 2 rings (SSSR count). The van der Waals surface area contributed by atoms with Crippen LogP contribution in [0, 0.1) is 5.41 Å². The van der Waals surface area contributed by atoms with Gasteiger partial charge in [-0.1, -0.05) is 26.7 Å². The van der Waals surface area contributed by atoms with Gasteiger partial charge in [0, 0.05) is 6.42 Å². The summed E-state index contributed by atoms with van der Waals surface area (Å²) in [5.74, 6) is 0.516. The molecule has 1 heterocycles. The Labute approximate surface area is 106 Å². The predicted molar refractivity (Wildman–Crippen MR) is 71.1 cm³/mol. The molecule has 1 aliphatic carbocycles. The fourth-order valence-electron chi connectivity index (χ4n) is 3.28. The SMILES string of the molecule is CC1(C)CCCN(C2CCCCCC2=O)CC1. The van der Waals surface area contributed by atoms with Gasteiger partial charge in [-0.05, 0) is 50.6 Å². The molecule has 1 saturated carbocycles. The van der Waals surface area contributed by atoms with Crippen LogP contribution in [0.15, 0.2) is 0 Å². The maximum atomic E-state index is 12.1. The first-order valence-electron chi connectivity index (χ1n) is 7.35. The Morgan fingerprint density at radius 3 is 2.71 bits per heavy atom. The molecule has 2 aliphatic rings. The van der Waals surface area contributed by atoms with Gasteiger partial charge in [-0.25, -0.2) is 0 Å². The minimum Gasteiger partial charge on any atom is -0.298 e. The van der Waals surface area contributed by atoms with Crippen LogP contribution in [0.5, 0.6) is 0 Å². The summed E-state index contributed by atoms with van der Waals surface area (Å²) in [5.41, 5.74) is 0.475. The van der Waals surface area contributed by atoms with E-state index in [0.29, 0.717) is 11.2 Å². The maximum absolute atomic E-state index is 12.1. The molecule has 0 spiro atoms. The quantitative estimate of drug-likeness (QED) is 0.651. The van der Waals surface area contributed by atoms with Crippen molar-refractivity contribution in [3.8, 4) is 0 Å². The summed E-state index contributed by atoms with van der Waals surface area (Å²) in [5, 5.41) is 0. The van der Waals surface area contributed by atoms with Crippen molar-refractivity contribution in [2.45, 2.75) is 71.3 Å². The molecule has 0 amide bonds. The molecule has 0 radical (unpaired) electrons. The summed E-state index contributed by atoms with van der Waals surface area (Å²) in [6, 6.07) is 0.256. The molecule has 0 N–H and O–H groups in total. The van der Waals surface area contributed by atoms with Crippen molar-refractivity contribution in [1.82, 2.24) is 4.90 Å². The third-order valence-corrected chi connectivity index (χ3v) is 4.59. The molecule has 1 saturated heterocycles. The zero-order valence-corrected chi connectivity index (χ0v) is 11.5. The lowest BCUT2D eigenvalue weighted by molar-refractivity contribution is -0.124. The average Bonchev–Trinajstić information content (AvgIpc) is 2.57. The number of carbonyl (C=O) groups excluding carboxylic acids is 1. The van der Waals surface area contributed by atoms with Crippen LogP contribution in [0.25, 0.3) is 0 Å². The topological polar surface area (TPSA) is 20.3 Å². The van der Waals surface area contributed by atoms with E-state index in [9.17, 15) is 4.79 Å². The summed E-state index contributed by atoms with van der Waals surface area (Å²) in [6.07, 6.45) is 9.37. The molecule has 17 heavy (non-hydrogen) atoms. The number of Topliss-reactive ketones (excluding diaryl/α,β-unsaturated/α-hetero) is 1. The van der Waals surface area contributed by atoms with Crippen molar-refractivity contribution < 1.29 is 4.79 Å². The first kappa shape index (κ1) is 13.1. The average molecular weight is 237 g/mol. The Balaban J connectivity index is 1.98. The van der Waals surface area contributed by atoms with E-state index < -0.39 is 0 Å². The van der Waals surface area contributed by atoms with Gasteiger partial charge < -0.3 is 0 Å². The van der Waals surface area contributed by atoms with E-state index >= 15 is 0 Å². The van der Waals surface area contributed by atoms with Crippen LogP contribution in [0.4, 0.5) is 0 Å². The molecule has 1 atom stereocenters. The molecule has 0 aromatic carbocycles. The standard InChI is InChI=1S/C15H27NO/c1-15(2)9-6-11-16(12-10-15)13-7-4-3-5-8-14(13)17/h13H,3-12H2,1-2H3. The Morgan fingerprint density at radius 2 is 1.88 bits per heavy atom. The van der Waals surface area contributed by atoms with Gasteiger partial charge in [0.2, 0.25) is 0 Å². The minimum absolute atomic E-state index is 0.256. The smallest absolute Gasteiger partial charge is 0.149 e. The fourth-order valence-corrected chi connectivity index (χ4v) is 3.28. The molecule has 2 nitrogen and oxygen atoms in total. The fraction of sp³-hybridized carbons (Fsp3) is 0.933. The van der Waals surface area contributed by atoms with Gasteiger partial charge >= 0.3 is 0 Å². The van der Waals surface area contributed by atoms with E-state index in [0.717, 1.165) is 32.4 Å². The van der Waals surface area contributed by atoms with E-state index in [-0.39, 0.29) is 6.04 Å². The van der Waals surface area contributed by atoms with Gasteiger partial charge in [0.05, 0.1) is 6.04 Å². The van der Waals surface area contributed by atoms with Gasteiger partial charge in [-0.15, -0.1) is 0 Å². The molecule has 0 bridgehead atoms. The Bertz CT molecular complexity index is 272. The second-order valence-corrected chi connectivity index (χ2v) is 6.64.